The van der Waals surface area contributed by atoms with Gasteiger partial charge in [-0.3, -0.25) is 0 Å². The Morgan fingerprint density at radius 3 is 2.39 bits per heavy atom. The lowest BCUT2D eigenvalue weighted by Crippen LogP contribution is -2.24. The number of anilines is 1. The van der Waals surface area contributed by atoms with Crippen LogP contribution in [0.25, 0.3) is 0 Å². The van der Waals surface area contributed by atoms with Crippen molar-refractivity contribution in [2.75, 3.05) is 11.8 Å². The predicted octanol–water partition coefficient (Wildman–Crippen LogP) is 7.72. The van der Waals surface area contributed by atoms with Gasteiger partial charge in [-0.1, -0.05) is 44.3 Å². The average Bonchev–Trinajstić information content (AvgIpc) is 2.86. The van der Waals surface area contributed by atoms with Crippen LogP contribution in [0.5, 0.6) is 5.75 Å². The Labute approximate surface area is 202 Å². The van der Waals surface area contributed by atoms with Gasteiger partial charge < -0.3 is 14.6 Å². The predicted molar refractivity (Wildman–Crippen MR) is 139 cm³/mol. The van der Waals surface area contributed by atoms with E-state index in [0.29, 0.717) is 11.7 Å². The van der Waals surface area contributed by atoms with Crippen molar-refractivity contribution >= 4 is 28.6 Å². The van der Waals surface area contributed by atoms with Gasteiger partial charge in [0.05, 0.1) is 18.4 Å². The Bertz CT molecular complexity index is 879. The fourth-order valence-corrected chi connectivity index (χ4v) is 6.00. The van der Waals surface area contributed by atoms with Gasteiger partial charge in [0.1, 0.15) is 10.8 Å². The molecule has 2 fully saturated rings. The summed E-state index contributed by atoms with van der Waals surface area (Å²) in [5.41, 5.74) is 2.09. The molecule has 0 unspecified atom stereocenters. The number of aromatic carboxylic acids is 1. The van der Waals surface area contributed by atoms with E-state index < -0.39 is 5.97 Å². The molecule has 5 nitrogen and oxygen atoms in total. The molecule has 0 aromatic heterocycles. The van der Waals surface area contributed by atoms with Gasteiger partial charge in [0, 0.05) is 23.6 Å². The van der Waals surface area contributed by atoms with E-state index in [9.17, 15) is 9.90 Å². The van der Waals surface area contributed by atoms with E-state index in [2.05, 4.69) is 17.7 Å². The van der Waals surface area contributed by atoms with Crippen LogP contribution in [-0.2, 0) is 0 Å². The molecular formula is C27H38N2O3S. The molecule has 2 N–H and O–H groups in total. The normalized spacial score (nSPS) is 23.0. The van der Waals surface area contributed by atoms with Crippen molar-refractivity contribution in [3.05, 3.63) is 47.7 Å². The van der Waals surface area contributed by atoms with E-state index in [1.807, 2.05) is 19.1 Å². The number of aliphatic imine (C=N–C) groups is 1. The van der Waals surface area contributed by atoms with E-state index in [-0.39, 0.29) is 5.56 Å². The van der Waals surface area contributed by atoms with Crippen LogP contribution >= 0.6 is 11.9 Å². The first-order chi connectivity index (χ1) is 16.0. The van der Waals surface area contributed by atoms with Crippen LogP contribution in [0.15, 0.2) is 47.1 Å². The van der Waals surface area contributed by atoms with E-state index in [1.165, 1.54) is 81.5 Å². The molecule has 2 aliphatic carbocycles. The molecule has 0 bridgehead atoms. The summed E-state index contributed by atoms with van der Waals surface area (Å²) in [6.45, 7) is 4.08. The van der Waals surface area contributed by atoms with Crippen molar-refractivity contribution in [3.63, 3.8) is 0 Å². The monoisotopic (exact) mass is 470 g/mol. The summed E-state index contributed by atoms with van der Waals surface area (Å²) in [6.07, 6.45) is 18.5. The third-order valence-corrected chi connectivity index (χ3v) is 7.82. The zero-order valence-corrected chi connectivity index (χ0v) is 21.0. The summed E-state index contributed by atoms with van der Waals surface area (Å²) in [5.74, 6) is 1.92. The highest BCUT2D eigenvalue weighted by Crippen LogP contribution is 2.42. The van der Waals surface area contributed by atoms with E-state index in [0.717, 1.165) is 22.6 Å². The van der Waals surface area contributed by atoms with Crippen LogP contribution in [0, 0.1) is 17.8 Å². The Hall–Kier alpha value is -2.21. The van der Waals surface area contributed by atoms with Crippen LogP contribution in [0.4, 0.5) is 5.69 Å². The molecule has 0 radical (unpaired) electrons. The van der Waals surface area contributed by atoms with Crippen molar-refractivity contribution in [2.45, 2.75) is 71.6 Å². The van der Waals surface area contributed by atoms with E-state index in [4.69, 9.17) is 9.73 Å². The lowest BCUT2D eigenvalue weighted by Gasteiger charge is -2.36. The molecule has 0 spiro atoms. The Kier molecular flexibility index (Phi) is 9.92. The van der Waals surface area contributed by atoms with Crippen molar-refractivity contribution in [1.29, 1.82) is 0 Å². The number of nitrogens with zero attached hydrogens (tertiary/aromatic N) is 1. The summed E-state index contributed by atoms with van der Waals surface area (Å²) in [4.78, 5) is 16.2. The quantitative estimate of drug-likeness (QED) is 0.231. The number of allylic oxidation sites excluding steroid dienone is 3. The standard InChI is InChI=1S/C27H38N2O3S/c1-4-9-26(33-29-24-17-16-22(27(30)31)18-25(24)32-3)28-23(5-2)21-14-12-20(13-15-21)19-10-7-6-8-11-19/h4-5,9,16-21,29H,6-8,10-15H2,1-3H3,(H,30,31)/b9-4-,23-5-,28-26+. The van der Waals surface area contributed by atoms with Crippen molar-refractivity contribution in [1.82, 2.24) is 0 Å². The van der Waals surface area contributed by atoms with E-state index in [1.54, 1.807) is 19.2 Å². The first kappa shape index (κ1) is 25.4. The van der Waals surface area contributed by atoms with E-state index >= 15 is 0 Å². The molecule has 6 heteroatoms. The van der Waals surface area contributed by atoms with Gasteiger partial charge in [0.25, 0.3) is 0 Å². The molecular weight excluding hydrogens is 432 g/mol. The molecule has 2 aliphatic rings. The Balaban J connectivity index is 1.64. The third kappa shape index (κ3) is 7.13. The van der Waals surface area contributed by atoms with Crippen LogP contribution in [0.3, 0.4) is 0 Å². The zero-order valence-electron chi connectivity index (χ0n) is 20.2. The number of ether oxygens (including phenoxy) is 1. The molecule has 2 saturated carbocycles. The molecule has 0 amide bonds. The number of hydrogen-bond acceptors (Lipinski definition) is 5. The minimum atomic E-state index is -0.973. The Morgan fingerprint density at radius 2 is 1.79 bits per heavy atom. The van der Waals surface area contributed by atoms with Gasteiger partial charge in [0.15, 0.2) is 0 Å². The molecule has 0 heterocycles. The second-order valence-electron chi connectivity index (χ2n) is 9.10. The van der Waals surface area contributed by atoms with Crippen LogP contribution in [-0.4, -0.2) is 23.2 Å². The highest BCUT2D eigenvalue weighted by atomic mass is 32.2. The summed E-state index contributed by atoms with van der Waals surface area (Å²) < 4.78 is 8.66. The smallest absolute Gasteiger partial charge is 0.335 e. The second kappa shape index (κ2) is 12.9. The highest BCUT2D eigenvalue weighted by molar-refractivity contribution is 8.15. The number of hydrogen-bond donors (Lipinski definition) is 2. The van der Waals surface area contributed by atoms with Crippen molar-refractivity contribution in [2.24, 2.45) is 22.7 Å². The minimum Gasteiger partial charge on any atom is -0.495 e. The maximum Gasteiger partial charge on any atom is 0.335 e. The first-order valence-electron chi connectivity index (χ1n) is 12.3. The largest absolute Gasteiger partial charge is 0.495 e. The maximum absolute atomic E-state index is 11.2. The van der Waals surface area contributed by atoms with Crippen LogP contribution < -0.4 is 9.46 Å². The highest BCUT2D eigenvalue weighted by Gasteiger charge is 2.29. The average molecular weight is 471 g/mol. The van der Waals surface area contributed by atoms with Gasteiger partial charge in [0.2, 0.25) is 0 Å². The van der Waals surface area contributed by atoms with Crippen molar-refractivity contribution in [3.8, 4) is 5.75 Å². The molecule has 0 atom stereocenters. The molecule has 1 aromatic rings. The topological polar surface area (TPSA) is 70.9 Å². The Morgan fingerprint density at radius 1 is 1.09 bits per heavy atom. The van der Waals surface area contributed by atoms with Crippen LogP contribution in [0.1, 0.15) is 82.0 Å². The molecule has 3 rings (SSSR count). The van der Waals surface area contributed by atoms with Gasteiger partial charge in [-0.15, -0.1) is 0 Å². The number of rotatable bonds is 8. The molecule has 33 heavy (non-hydrogen) atoms. The molecule has 0 aliphatic heterocycles. The lowest BCUT2D eigenvalue weighted by molar-refractivity contribution is 0.0696. The second-order valence-corrected chi connectivity index (χ2v) is 9.92. The maximum atomic E-state index is 11.2. The fourth-order valence-electron chi connectivity index (χ4n) is 5.26. The van der Waals surface area contributed by atoms with Gasteiger partial charge >= 0.3 is 5.97 Å². The summed E-state index contributed by atoms with van der Waals surface area (Å²) in [5, 5.41) is 10.1. The van der Waals surface area contributed by atoms with Gasteiger partial charge in [-0.2, -0.15) is 0 Å². The number of benzene rings is 1. The number of carbonyl (C=O) groups is 1. The molecule has 0 saturated heterocycles. The lowest BCUT2D eigenvalue weighted by atomic mass is 9.70. The molecule has 1 aromatic carbocycles. The summed E-state index contributed by atoms with van der Waals surface area (Å²) in [6, 6.07) is 4.83. The molecule has 180 valence electrons. The number of carboxylic acid groups (broad SMARTS) is 1. The minimum absolute atomic E-state index is 0.199. The van der Waals surface area contributed by atoms with Crippen LogP contribution in [0.2, 0.25) is 0 Å². The number of carboxylic acids is 1. The summed E-state index contributed by atoms with van der Waals surface area (Å²) in [7, 11) is 1.54. The van der Waals surface area contributed by atoms with Gasteiger partial charge in [-0.05, 0) is 75.6 Å². The zero-order chi connectivity index (χ0) is 23.6. The van der Waals surface area contributed by atoms with Crippen molar-refractivity contribution < 1.29 is 14.6 Å². The fraction of sp³-hybridized carbons (Fsp3) is 0.556. The number of nitrogens with one attached hydrogen (secondary N) is 1. The first-order valence-corrected chi connectivity index (χ1v) is 13.1. The summed E-state index contributed by atoms with van der Waals surface area (Å²) >= 11 is 1.42. The SMILES string of the molecule is C\C=C/C(=N\C(=C/C)C1CCC(C2CCCCC2)CC1)SNc1ccc(C(=O)O)cc1OC. The number of methoxy groups -OCH3 is 1. The third-order valence-electron chi connectivity index (χ3n) is 7.06. The van der Waals surface area contributed by atoms with Gasteiger partial charge in [-0.25, -0.2) is 9.79 Å².